The van der Waals surface area contributed by atoms with E-state index in [-0.39, 0.29) is 17.5 Å². The highest BCUT2D eigenvalue weighted by Gasteiger charge is 2.18. The monoisotopic (exact) mass is 447 g/mol. The molecule has 0 spiro atoms. The maximum Gasteiger partial charge on any atom is 0.155 e. The van der Waals surface area contributed by atoms with Crippen LogP contribution in [0.3, 0.4) is 0 Å². The van der Waals surface area contributed by atoms with Crippen LogP contribution in [0.15, 0.2) is 29.6 Å². The molecule has 0 aliphatic carbocycles. The van der Waals surface area contributed by atoms with E-state index in [4.69, 9.17) is 4.74 Å². The number of halogens is 2. The molecule has 2 aromatic rings. The fourth-order valence-electron chi connectivity index (χ4n) is 2.32. The van der Waals surface area contributed by atoms with Crippen molar-refractivity contribution >= 4 is 39.6 Å². The Labute approximate surface area is 155 Å². The molecule has 0 amide bonds. The van der Waals surface area contributed by atoms with Crippen LogP contribution in [-0.4, -0.2) is 7.11 Å². The van der Waals surface area contributed by atoms with Crippen molar-refractivity contribution in [2.24, 2.45) is 5.41 Å². The normalized spacial score (nSPS) is 13.1. The molecule has 23 heavy (non-hydrogen) atoms. The summed E-state index contributed by atoms with van der Waals surface area (Å²) in [6.07, 6.45) is 1.60. The lowest BCUT2D eigenvalue weighted by Crippen LogP contribution is -2.15. The van der Waals surface area contributed by atoms with Gasteiger partial charge in [0.25, 0.3) is 0 Å². The minimum absolute atomic E-state index is 0.196. The zero-order valence-corrected chi connectivity index (χ0v) is 16.9. The van der Waals surface area contributed by atoms with Crippen LogP contribution in [0.5, 0.6) is 0 Å². The minimum Gasteiger partial charge on any atom is -0.357 e. The van der Waals surface area contributed by atoms with Crippen molar-refractivity contribution in [1.29, 1.82) is 0 Å². The lowest BCUT2D eigenvalue weighted by atomic mass is 9.88. The number of hydrogen-bond donors (Lipinski definition) is 1. The summed E-state index contributed by atoms with van der Waals surface area (Å²) >= 11 is 4.00. The number of methoxy groups -OCH3 is 1. The third kappa shape index (κ3) is 5.43. The highest BCUT2D eigenvalue weighted by atomic mass is 127. The Balaban J connectivity index is 2.22. The van der Waals surface area contributed by atoms with Gasteiger partial charge in [0.05, 0.1) is 2.88 Å². The first kappa shape index (κ1) is 18.7. The molecule has 126 valence electrons. The Hall–Kier alpha value is -0.660. The predicted octanol–water partition coefficient (Wildman–Crippen LogP) is 6.23. The second-order valence-corrected chi connectivity index (χ2v) is 9.50. The Morgan fingerprint density at radius 1 is 1.30 bits per heavy atom. The fourth-order valence-corrected chi connectivity index (χ4v) is 3.86. The molecule has 1 atom stereocenters. The smallest absolute Gasteiger partial charge is 0.155 e. The van der Waals surface area contributed by atoms with E-state index < -0.39 is 0 Å². The van der Waals surface area contributed by atoms with Crippen molar-refractivity contribution in [3.63, 3.8) is 0 Å². The SMILES string of the molecule is COC(Nc1ccc(F)cc1CCC(C)(C)C)c1ccsc1I. The summed E-state index contributed by atoms with van der Waals surface area (Å²) in [5.74, 6) is -0.196. The topological polar surface area (TPSA) is 21.3 Å². The first-order valence-electron chi connectivity index (χ1n) is 7.61. The van der Waals surface area contributed by atoms with Gasteiger partial charge in [-0.15, -0.1) is 11.3 Å². The molecular weight excluding hydrogens is 424 g/mol. The maximum atomic E-state index is 13.7. The third-order valence-corrected chi connectivity index (χ3v) is 5.76. The van der Waals surface area contributed by atoms with Crippen molar-refractivity contribution in [1.82, 2.24) is 0 Å². The molecule has 0 saturated carbocycles. The summed E-state index contributed by atoms with van der Waals surface area (Å²) in [5.41, 5.74) is 3.26. The van der Waals surface area contributed by atoms with Crippen LogP contribution in [-0.2, 0) is 11.2 Å². The Morgan fingerprint density at radius 3 is 2.61 bits per heavy atom. The molecule has 0 aliphatic rings. The van der Waals surface area contributed by atoms with Crippen molar-refractivity contribution in [3.8, 4) is 0 Å². The van der Waals surface area contributed by atoms with E-state index in [0.29, 0.717) is 0 Å². The van der Waals surface area contributed by atoms with Crippen LogP contribution in [0.1, 0.15) is 44.5 Å². The number of rotatable bonds is 6. The molecule has 1 unspecified atom stereocenters. The van der Waals surface area contributed by atoms with E-state index >= 15 is 0 Å². The summed E-state index contributed by atoms with van der Waals surface area (Å²) in [6, 6.07) is 6.98. The lowest BCUT2D eigenvalue weighted by molar-refractivity contribution is 0.126. The first-order chi connectivity index (χ1) is 10.8. The lowest BCUT2D eigenvalue weighted by Gasteiger charge is -2.22. The predicted molar refractivity (Wildman–Crippen MR) is 105 cm³/mol. The van der Waals surface area contributed by atoms with E-state index in [0.717, 1.165) is 29.7 Å². The van der Waals surface area contributed by atoms with E-state index in [1.165, 1.54) is 8.95 Å². The molecule has 0 bridgehead atoms. The van der Waals surface area contributed by atoms with E-state index in [2.05, 4.69) is 60.1 Å². The molecule has 2 rings (SSSR count). The van der Waals surface area contributed by atoms with Crippen LogP contribution in [0.4, 0.5) is 10.1 Å². The van der Waals surface area contributed by atoms with Crippen LogP contribution in [0.2, 0.25) is 0 Å². The van der Waals surface area contributed by atoms with Crippen molar-refractivity contribution in [2.45, 2.75) is 39.8 Å². The van der Waals surface area contributed by atoms with Gasteiger partial charge in [-0.1, -0.05) is 20.8 Å². The van der Waals surface area contributed by atoms with Gasteiger partial charge < -0.3 is 10.1 Å². The Kier molecular flexibility index (Phi) is 6.45. The van der Waals surface area contributed by atoms with Crippen LogP contribution < -0.4 is 5.32 Å². The average Bonchev–Trinajstić information content (AvgIpc) is 2.89. The van der Waals surface area contributed by atoms with Gasteiger partial charge in [-0.2, -0.15) is 0 Å². The number of nitrogens with one attached hydrogen (secondary N) is 1. The van der Waals surface area contributed by atoms with E-state index in [1.807, 2.05) is 0 Å². The molecule has 0 saturated heterocycles. The zero-order chi connectivity index (χ0) is 17.0. The summed E-state index contributed by atoms with van der Waals surface area (Å²) in [4.78, 5) is 0. The van der Waals surface area contributed by atoms with Gasteiger partial charge in [-0.3, -0.25) is 0 Å². The number of thiophene rings is 1. The molecule has 0 fully saturated rings. The molecule has 1 aromatic carbocycles. The Morgan fingerprint density at radius 2 is 2.04 bits per heavy atom. The van der Waals surface area contributed by atoms with Gasteiger partial charge >= 0.3 is 0 Å². The summed E-state index contributed by atoms with van der Waals surface area (Å²) in [5, 5.41) is 5.47. The summed E-state index contributed by atoms with van der Waals surface area (Å²) in [7, 11) is 1.68. The standard InChI is InChI=1S/C18H23FINOS/c1-18(2,3)9-7-12-11-13(19)5-6-15(12)21-17(22-4)14-8-10-23-16(14)20/h5-6,8,10-11,17,21H,7,9H2,1-4H3. The summed E-state index contributed by atoms with van der Waals surface area (Å²) < 4.78 is 20.5. The van der Waals surface area contributed by atoms with Crippen LogP contribution >= 0.6 is 33.9 Å². The average molecular weight is 447 g/mol. The van der Waals surface area contributed by atoms with Gasteiger partial charge in [0.15, 0.2) is 6.23 Å². The Bertz CT molecular complexity index is 651. The second-order valence-electron chi connectivity index (χ2n) is 6.77. The number of anilines is 1. The molecule has 1 N–H and O–H groups in total. The van der Waals surface area contributed by atoms with Gasteiger partial charge in [-0.25, -0.2) is 4.39 Å². The molecule has 5 heteroatoms. The van der Waals surface area contributed by atoms with Gasteiger partial charge in [0.2, 0.25) is 0 Å². The number of hydrogen-bond acceptors (Lipinski definition) is 3. The number of aryl methyl sites for hydroxylation is 1. The van der Waals surface area contributed by atoms with Crippen LogP contribution in [0, 0.1) is 14.1 Å². The largest absolute Gasteiger partial charge is 0.357 e. The molecule has 2 nitrogen and oxygen atoms in total. The quantitative estimate of drug-likeness (QED) is 0.419. The third-order valence-electron chi connectivity index (χ3n) is 3.66. The van der Waals surface area contributed by atoms with Gasteiger partial charge in [-0.05, 0) is 76.1 Å². The highest BCUT2D eigenvalue weighted by Crippen LogP contribution is 2.31. The number of ether oxygens (including phenoxy) is 1. The molecule has 1 aromatic heterocycles. The summed E-state index contributed by atoms with van der Waals surface area (Å²) in [6.45, 7) is 6.60. The van der Waals surface area contributed by atoms with Gasteiger partial charge in [0.1, 0.15) is 5.82 Å². The van der Waals surface area contributed by atoms with Crippen molar-refractivity contribution in [3.05, 3.63) is 49.5 Å². The maximum absolute atomic E-state index is 13.7. The highest BCUT2D eigenvalue weighted by molar-refractivity contribution is 14.1. The zero-order valence-electron chi connectivity index (χ0n) is 14.0. The van der Waals surface area contributed by atoms with Crippen molar-refractivity contribution in [2.75, 3.05) is 12.4 Å². The van der Waals surface area contributed by atoms with Gasteiger partial charge in [0, 0.05) is 18.4 Å². The molecular formula is C18H23FINOS. The minimum atomic E-state index is -0.230. The molecule has 0 aliphatic heterocycles. The first-order valence-corrected chi connectivity index (χ1v) is 9.56. The molecule has 0 radical (unpaired) electrons. The van der Waals surface area contributed by atoms with E-state index in [1.54, 1.807) is 30.6 Å². The molecule has 1 heterocycles. The van der Waals surface area contributed by atoms with E-state index in [9.17, 15) is 4.39 Å². The number of benzene rings is 1. The second kappa shape index (κ2) is 7.94. The fraction of sp³-hybridized carbons (Fsp3) is 0.444. The van der Waals surface area contributed by atoms with Crippen molar-refractivity contribution < 1.29 is 9.13 Å². The van der Waals surface area contributed by atoms with Crippen LogP contribution in [0.25, 0.3) is 0 Å².